The van der Waals surface area contributed by atoms with E-state index in [1.807, 2.05) is 0 Å². The molecule has 1 heterocycles. The Hall–Kier alpha value is -1.66. The van der Waals surface area contributed by atoms with Crippen molar-refractivity contribution in [2.24, 2.45) is 12.5 Å². The number of carbonyl (C=O) groups is 1. The summed E-state index contributed by atoms with van der Waals surface area (Å²) in [5, 5.41) is 22.8. The van der Waals surface area contributed by atoms with E-state index in [0.717, 1.165) is 0 Å². The van der Waals surface area contributed by atoms with Crippen molar-refractivity contribution in [1.29, 1.82) is 0 Å². The SMILES string of the molecule is CC(Nc1nnnn1C)C(C)(C)C(=O)O. The summed E-state index contributed by atoms with van der Waals surface area (Å²) in [4.78, 5) is 11.0. The number of carboxylic acid groups (broad SMARTS) is 1. The first kappa shape index (κ1) is 11.4. The number of aryl methyl sites for hydroxylation is 1. The van der Waals surface area contributed by atoms with Gasteiger partial charge in [0.25, 0.3) is 0 Å². The molecule has 7 heteroatoms. The molecular weight excluding hydrogens is 198 g/mol. The zero-order chi connectivity index (χ0) is 11.6. The largest absolute Gasteiger partial charge is 0.481 e. The highest BCUT2D eigenvalue weighted by molar-refractivity contribution is 5.75. The fraction of sp³-hybridized carbons (Fsp3) is 0.750. The molecule has 0 spiro atoms. The van der Waals surface area contributed by atoms with E-state index >= 15 is 0 Å². The van der Waals surface area contributed by atoms with Crippen molar-refractivity contribution in [2.75, 3.05) is 5.32 Å². The summed E-state index contributed by atoms with van der Waals surface area (Å²) in [5.41, 5.74) is -0.883. The van der Waals surface area contributed by atoms with Gasteiger partial charge in [-0.15, -0.1) is 0 Å². The molecule has 0 radical (unpaired) electrons. The van der Waals surface area contributed by atoms with Gasteiger partial charge in [-0.3, -0.25) is 4.79 Å². The molecule has 0 aliphatic rings. The minimum atomic E-state index is -0.883. The van der Waals surface area contributed by atoms with Crippen LogP contribution in [0.4, 0.5) is 5.95 Å². The molecule has 15 heavy (non-hydrogen) atoms. The van der Waals surface area contributed by atoms with Crippen LogP contribution in [0.1, 0.15) is 20.8 Å². The van der Waals surface area contributed by atoms with E-state index in [-0.39, 0.29) is 6.04 Å². The van der Waals surface area contributed by atoms with Crippen LogP contribution in [0.3, 0.4) is 0 Å². The molecule has 0 aliphatic heterocycles. The molecular formula is C8H15N5O2. The van der Waals surface area contributed by atoms with E-state index in [1.54, 1.807) is 27.8 Å². The summed E-state index contributed by atoms with van der Waals surface area (Å²) in [5.74, 6) is -0.408. The zero-order valence-corrected chi connectivity index (χ0v) is 9.22. The van der Waals surface area contributed by atoms with E-state index in [1.165, 1.54) is 4.68 Å². The van der Waals surface area contributed by atoms with Gasteiger partial charge >= 0.3 is 5.97 Å². The summed E-state index contributed by atoms with van der Waals surface area (Å²) < 4.78 is 1.45. The van der Waals surface area contributed by atoms with Gasteiger partial charge in [0.2, 0.25) is 5.95 Å². The second kappa shape index (κ2) is 3.84. The highest BCUT2D eigenvalue weighted by Crippen LogP contribution is 2.22. The molecule has 2 N–H and O–H groups in total. The summed E-state index contributed by atoms with van der Waals surface area (Å²) >= 11 is 0. The fourth-order valence-electron chi connectivity index (χ4n) is 0.911. The van der Waals surface area contributed by atoms with Crippen molar-refractivity contribution < 1.29 is 9.90 Å². The van der Waals surface area contributed by atoms with E-state index < -0.39 is 11.4 Å². The van der Waals surface area contributed by atoms with Crippen LogP contribution in [0.25, 0.3) is 0 Å². The van der Waals surface area contributed by atoms with E-state index in [2.05, 4.69) is 20.8 Å². The third kappa shape index (κ3) is 2.23. The molecule has 1 aromatic rings. The van der Waals surface area contributed by atoms with Crippen LogP contribution >= 0.6 is 0 Å². The minimum absolute atomic E-state index is 0.278. The molecule has 1 atom stereocenters. The molecule has 0 bridgehead atoms. The first-order valence-corrected chi connectivity index (χ1v) is 4.58. The second-order valence-electron chi connectivity index (χ2n) is 4.02. The Balaban J connectivity index is 2.76. The van der Waals surface area contributed by atoms with Gasteiger partial charge in [0.1, 0.15) is 0 Å². The summed E-state index contributed by atoms with van der Waals surface area (Å²) in [6.07, 6.45) is 0. The third-order valence-electron chi connectivity index (χ3n) is 2.60. The molecule has 0 fully saturated rings. The minimum Gasteiger partial charge on any atom is -0.481 e. The van der Waals surface area contributed by atoms with Crippen LogP contribution in [0.5, 0.6) is 0 Å². The summed E-state index contributed by atoms with van der Waals surface area (Å²) in [7, 11) is 1.68. The van der Waals surface area contributed by atoms with E-state index in [0.29, 0.717) is 5.95 Å². The Bertz CT molecular complexity index is 360. The van der Waals surface area contributed by atoms with Crippen molar-refractivity contribution in [3.05, 3.63) is 0 Å². The smallest absolute Gasteiger partial charge is 0.311 e. The highest BCUT2D eigenvalue weighted by Gasteiger charge is 2.34. The maximum Gasteiger partial charge on any atom is 0.311 e. The number of nitrogens with one attached hydrogen (secondary N) is 1. The number of nitrogens with zero attached hydrogens (tertiary/aromatic N) is 4. The number of hydrogen-bond acceptors (Lipinski definition) is 5. The predicted octanol–water partition coefficient (Wildman–Crippen LogP) is 0.121. The van der Waals surface area contributed by atoms with Crippen molar-refractivity contribution in [3.63, 3.8) is 0 Å². The van der Waals surface area contributed by atoms with Crippen LogP contribution in [-0.2, 0) is 11.8 Å². The first-order valence-electron chi connectivity index (χ1n) is 4.58. The third-order valence-corrected chi connectivity index (χ3v) is 2.60. The first-order chi connectivity index (χ1) is 6.85. The van der Waals surface area contributed by atoms with E-state index in [4.69, 9.17) is 5.11 Å². The summed E-state index contributed by atoms with van der Waals surface area (Å²) in [6, 6.07) is -0.278. The molecule has 0 aliphatic carbocycles. The maximum absolute atomic E-state index is 11.0. The molecule has 7 nitrogen and oxygen atoms in total. The molecule has 0 amide bonds. The van der Waals surface area contributed by atoms with Gasteiger partial charge in [0, 0.05) is 13.1 Å². The number of carboxylic acids is 1. The quantitative estimate of drug-likeness (QED) is 0.738. The lowest BCUT2D eigenvalue weighted by Gasteiger charge is -2.27. The number of rotatable bonds is 4. The van der Waals surface area contributed by atoms with Crippen molar-refractivity contribution in [2.45, 2.75) is 26.8 Å². The van der Waals surface area contributed by atoms with Gasteiger partial charge in [-0.05, 0) is 31.2 Å². The maximum atomic E-state index is 11.0. The lowest BCUT2D eigenvalue weighted by molar-refractivity contribution is -0.147. The standard InChI is InChI=1S/C8H15N5O2/c1-5(8(2,3)6(14)15)9-7-10-11-12-13(7)4/h5H,1-4H3,(H,14,15)(H,9,10,12). The number of aliphatic carboxylic acids is 1. The van der Waals surface area contributed by atoms with Gasteiger partial charge in [-0.1, -0.05) is 5.10 Å². The molecule has 1 aromatic heterocycles. The fourth-order valence-corrected chi connectivity index (χ4v) is 0.911. The Kier molecular flexibility index (Phi) is 2.92. The molecule has 1 rings (SSSR count). The zero-order valence-electron chi connectivity index (χ0n) is 9.22. The Morgan fingerprint density at radius 1 is 1.60 bits per heavy atom. The van der Waals surface area contributed by atoms with Crippen molar-refractivity contribution in [1.82, 2.24) is 20.2 Å². The lowest BCUT2D eigenvalue weighted by atomic mass is 9.86. The molecule has 84 valence electrons. The molecule has 0 aromatic carbocycles. The van der Waals surface area contributed by atoms with Crippen LogP contribution in [-0.4, -0.2) is 37.3 Å². The predicted molar refractivity (Wildman–Crippen MR) is 53.3 cm³/mol. The van der Waals surface area contributed by atoms with Crippen LogP contribution in [0.2, 0.25) is 0 Å². The van der Waals surface area contributed by atoms with Gasteiger partial charge in [0.05, 0.1) is 5.41 Å². The highest BCUT2D eigenvalue weighted by atomic mass is 16.4. The lowest BCUT2D eigenvalue weighted by Crippen LogP contribution is -2.40. The van der Waals surface area contributed by atoms with Gasteiger partial charge < -0.3 is 10.4 Å². The molecule has 0 saturated carbocycles. The van der Waals surface area contributed by atoms with Crippen LogP contribution in [0.15, 0.2) is 0 Å². The topological polar surface area (TPSA) is 92.9 Å². The molecule has 0 saturated heterocycles. The van der Waals surface area contributed by atoms with E-state index in [9.17, 15) is 4.79 Å². The van der Waals surface area contributed by atoms with Gasteiger partial charge in [-0.25, -0.2) is 4.68 Å². The number of hydrogen-bond donors (Lipinski definition) is 2. The van der Waals surface area contributed by atoms with Crippen molar-refractivity contribution in [3.8, 4) is 0 Å². The Morgan fingerprint density at radius 3 is 2.60 bits per heavy atom. The second-order valence-corrected chi connectivity index (χ2v) is 4.02. The van der Waals surface area contributed by atoms with Gasteiger partial charge in [-0.2, -0.15) is 0 Å². The number of tetrazole rings is 1. The number of aromatic nitrogens is 4. The molecule has 1 unspecified atom stereocenters. The van der Waals surface area contributed by atoms with Crippen molar-refractivity contribution >= 4 is 11.9 Å². The Labute approximate surface area is 87.5 Å². The van der Waals surface area contributed by atoms with Crippen LogP contribution in [0, 0.1) is 5.41 Å². The number of anilines is 1. The Morgan fingerprint density at radius 2 is 2.20 bits per heavy atom. The van der Waals surface area contributed by atoms with Crippen LogP contribution < -0.4 is 5.32 Å². The monoisotopic (exact) mass is 213 g/mol. The average molecular weight is 213 g/mol. The van der Waals surface area contributed by atoms with Gasteiger partial charge in [0.15, 0.2) is 0 Å². The summed E-state index contributed by atoms with van der Waals surface area (Å²) in [6.45, 7) is 5.08. The normalized spacial score (nSPS) is 13.6. The average Bonchev–Trinajstić information content (AvgIpc) is 2.51.